The molecule has 0 aliphatic heterocycles. The van der Waals surface area contributed by atoms with E-state index in [4.69, 9.17) is 4.74 Å². The third kappa shape index (κ3) is 4.77. The van der Waals surface area contributed by atoms with Crippen molar-refractivity contribution in [2.24, 2.45) is 16.3 Å². The molecule has 2 saturated carbocycles. The lowest BCUT2D eigenvalue weighted by Crippen LogP contribution is -2.40. The molecule has 24 heavy (non-hydrogen) atoms. The van der Waals surface area contributed by atoms with Crippen molar-refractivity contribution in [3.63, 3.8) is 0 Å². The predicted molar refractivity (Wildman–Crippen MR) is 110 cm³/mol. The molecule has 0 amide bonds. The van der Waals surface area contributed by atoms with Crippen LogP contribution in [0.4, 0.5) is 0 Å². The molecular formula is C19H30IN3O. The number of hydrogen-bond donors (Lipinski definition) is 2. The molecule has 2 aliphatic rings. The van der Waals surface area contributed by atoms with E-state index in [1.54, 1.807) is 0 Å². The molecule has 2 N–H and O–H groups in total. The Morgan fingerprint density at radius 1 is 1.29 bits per heavy atom. The molecule has 0 atom stereocenters. The largest absolute Gasteiger partial charge is 0.494 e. The van der Waals surface area contributed by atoms with Crippen LogP contribution in [0.3, 0.4) is 0 Å². The molecule has 5 heteroatoms. The Bertz CT molecular complexity index is 580. The van der Waals surface area contributed by atoms with Crippen LogP contribution in [0.1, 0.15) is 43.7 Å². The van der Waals surface area contributed by atoms with Gasteiger partial charge in [0.1, 0.15) is 5.75 Å². The number of nitrogens with one attached hydrogen (secondary N) is 2. The van der Waals surface area contributed by atoms with Gasteiger partial charge < -0.3 is 15.4 Å². The van der Waals surface area contributed by atoms with Crippen molar-refractivity contribution >= 4 is 29.9 Å². The summed E-state index contributed by atoms with van der Waals surface area (Å²) in [7, 11) is 1.84. The molecule has 2 aliphatic carbocycles. The van der Waals surface area contributed by atoms with Crippen molar-refractivity contribution in [2.75, 3.05) is 20.2 Å². The molecule has 1 aromatic carbocycles. The summed E-state index contributed by atoms with van der Waals surface area (Å²) in [5.41, 5.74) is 2.97. The zero-order valence-corrected chi connectivity index (χ0v) is 17.4. The number of halogens is 1. The third-order valence-corrected chi connectivity index (χ3v) is 5.14. The van der Waals surface area contributed by atoms with Gasteiger partial charge in [0.05, 0.1) is 6.61 Å². The second-order valence-corrected chi connectivity index (χ2v) is 6.96. The van der Waals surface area contributed by atoms with Crippen molar-refractivity contribution in [1.29, 1.82) is 0 Å². The van der Waals surface area contributed by atoms with Gasteiger partial charge in [0, 0.05) is 25.7 Å². The van der Waals surface area contributed by atoms with E-state index in [1.807, 2.05) is 14.0 Å². The number of guanidine groups is 1. The number of nitrogens with zero attached hydrogens (tertiary/aromatic N) is 1. The monoisotopic (exact) mass is 443 g/mol. The molecule has 0 bridgehead atoms. The Kier molecular flexibility index (Phi) is 6.78. The molecule has 3 rings (SSSR count). The lowest BCUT2D eigenvalue weighted by molar-refractivity contribution is 0.336. The van der Waals surface area contributed by atoms with Crippen LogP contribution in [0.5, 0.6) is 5.75 Å². The molecule has 1 aromatic rings. The van der Waals surface area contributed by atoms with Crippen LogP contribution in [-0.2, 0) is 6.54 Å². The van der Waals surface area contributed by atoms with Gasteiger partial charge in [-0.3, -0.25) is 4.99 Å². The van der Waals surface area contributed by atoms with Crippen molar-refractivity contribution < 1.29 is 4.74 Å². The van der Waals surface area contributed by atoms with E-state index in [-0.39, 0.29) is 24.0 Å². The van der Waals surface area contributed by atoms with Gasteiger partial charge in [-0.15, -0.1) is 24.0 Å². The number of ether oxygens (including phenoxy) is 1. The summed E-state index contributed by atoms with van der Waals surface area (Å²) in [5.74, 6) is 2.82. The molecule has 2 fully saturated rings. The molecular weight excluding hydrogens is 413 g/mol. The molecule has 0 aromatic heterocycles. The summed E-state index contributed by atoms with van der Waals surface area (Å²) < 4.78 is 5.75. The van der Waals surface area contributed by atoms with Gasteiger partial charge in [-0.05, 0) is 62.5 Å². The smallest absolute Gasteiger partial charge is 0.191 e. The SMILES string of the molecule is CCOc1cc(C)ccc1CNC(=NC)NCC1(C2CC2)CC1.I. The first-order valence-electron chi connectivity index (χ1n) is 8.84. The fourth-order valence-corrected chi connectivity index (χ4v) is 3.34. The Morgan fingerprint density at radius 2 is 2.04 bits per heavy atom. The molecule has 4 nitrogen and oxygen atoms in total. The quantitative estimate of drug-likeness (QED) is 0.382. The van der Waals surface area contributed by atoms with Gasteiger partial charge in [-0.1, -0.05) is 12.1 Å². The Balaban J connectivity index is 0.00000208. The first kappa shape index (κ1) is 19.3. The van der Waals surface area contributed by atoms with Crippen molar-refractivity contribution in [3.05, 3.63) is 29.3 Å². The Labute approximate surface area is 162 Å². The first-order chi connectivity index (χ1) is 11.2. The Morgan fingerprint density at radius 3 is 2.62 bits per heavy atom. The van der Waals surface area contributed by atoms with Crippen molar-refractivity contribution in [3.8, 4) is 5.75 Å². The van der Waals surface area contributed by atoms with Crippen LogP contribution in [0.2, 0.25) is 0 Å². The maximum absolute atomic E-state index is 5.75. The number of rotatable bonds is 7. The normalized spacial score (nSPS) is 18.5. The van der Waals surface area contributed by atoms with Crippen LogP contribution >= 0.6 is 24.0 Å². The average Bonchev–Trinajstić information content (AvgIpc) is 3.42. The lowest BCUT2D eigenvalue weighted by atomic mass is 10.0. The van der Waals surface area contributed by atoms with Crippen LogP contribution < -0.4 is 15.4 Å². The Hall–Kier alpha value is -0.980. The lowest BCUT2D eigenvalue weighted by Gasteiger charge is -2.19. The van der Waals surface area contributed by atoms with E-state index in [1.165, 1.54) is 36.8 Å². The van der Waals surface area contributed by atoms with Crippen LogP contribution in [-0.4, -0.2) is 26.2 Å². The minimum absolute atomic E-state index is 0. The van der Waals surface area contributed by atoms with E-state index in [2.05, 4.69) is 40.7 Å². The summed E-state index contributed by atoms with van der Waals surface area (Å²) in [6.45, 7) is 6.59. The zero-order chi connectivity index (χ0) is 16.3. The van der Waals surface area contributed by atoms with Gasteiger partial charge >= 0.3 is 0 Å². The van der Waals surface area contributed by atoms with E-state index < -0.39 is 0 Å². The highest BCUT2D eigenvalue weighted by Crippen LogP contribution is 2.60. The summed E-state index contributed by atoms with van der Waals surface area (Å²) >= 11 is 0. The summed E-state index contributed by atoms with van der Waals surface area (Å²) in [4.78, 5) is 4.36. The highest BCUT2D eigenvalue weighted by molar-refractivity contribution is 14.0. The number of aliphatic imine (C=N–C) groups is 1. The first-order valence-corrected chi connectivity index (χ1v) is 8.84. The predicted octanol–water partition coefficient (Wildman–Crippen LogP) is 3.87. The maximum atomic E-state index is 5.75. The van der Waals surface area contributed by atoms with Crippen molar-refractivity contribution in [1.82, 2.24) is 10.6 Å². The number of aryl methyl sites for hydroxylation is 1. The molecule has 0 unspecified atom stereocenters. The van der Waals surface area contributed by atoms with E-state index in [0.29, 0.717) is 12.0 Å². The number of benzene rings is 1. The van der Waals surface area contributed by atoms with Crippen LogP contribution in [0.15, 0.2) is 23.2 Å². The standard InChI is InChI=1S/C19H29N3O.HI/c1-4-23-17-11-14(2)5-6-15(17)12-21-18(20-3)22-13-19(9-10-19)16-7-8-16;/h5-6,11,16H,4,7-10,12-13H2,1-3H3,(H2,20,21,22);1H. The van der Waals surface area contributed by atoms with Gasteiger partial charge in [0.15, 0.2) is 5.96 Å². The summed E-state index contributed by atoms with van der Waals surface area (Å²) in [6.07, 6.45) is 5.62. The van der Waals surface area contributed by atoms with Crippen LogP contribution in [0.25, 0.3) is 0 Å². The third-order valence-electron chi connectivity index (χ3n) is 5.14. The highest BCUT2D eigenvalue weighted by Gasteiger charge is 2.53. The minimum Gasteiger partial charge on any atom is -0.494 e. The van der Waals surface area contributed by atoms with Gasteiger partial charge in [0.25, 0.3) is 0 Å². The molecule has 134 valence electrons. The molecule has 0 radical (unpaired) electrons. The highest BCUT2D eigenvalue weighted by atomic mass is 127. The molecule has 0 spiro atoms. The van der Waals surface area contributed by atoms with Gasteiger partial charge in [0.2, 0.25) is 0 Å². The fraction of sp³-hybridized carbons (Fsp3) is 0.632. The molecule has 0 heterocycles. The van der Waals surface area contributed by atoms with E-state index in [9.17, 15) is 0 Å². The second kappa shape index (κ2) is 8.41. The molecule has 0 saturated heterocycles. The number of hydrogen-bond acceptors (Lipinski definition) is 2. The van der Waals surface area contributed by atoms with Gasteiger partial charge in [-0.2, -0.15) is 0 Å². The van der Waals surface area contributed by atoms with Crippen LogP contribution in [0, 0.1) is 18.3 Å². The van der Waals surface area contributed by atoms with E-state index >= 15 is 0 Å². The summed E-state index contributed by atoms with van der Waals surface area (Å²) in [6, 6.07) is 6.36. The fourth-order valence-electron chi connectivity index (χ4n) is 3.34. The summed E-state index contributed by atoms with van der Waals surface area (Å²) in [5, 5.41) is 6.95. The maximum Gasteiger partial charge on any atom is 0.191 e. The average molecular weight is 443 g/mol. The minimum atomic E-state index is 0. The second-order valence-electron chi connectivity index (χ2n) is 6.96. The van der Waals surface area contributed by atoms with Gasteiger partial charge in [-0.25, -0.2) is 0 Å². The zero-order valence-electron chi connectivity index (χ0n) is 15.0. The van der Waals surface area contributed by atoms with E-state index in [0.717, 1.165) is 30.7 Å². The topological polar surface area (TPSA) is 45.6 Å². The van der Waals surface area contributed by atoms with Crippen molar-refractivity contribution in [2.45, 2.75) is 46.1 Å².